The van der Waals surface area contributed by atoms with E-state index in [0.717, 1.165) is 24.2 Å². The molecule has 2 heterocycles. The summed E-state index contributed by atoms with van der Waals surface area (Å²) in [5.41, 5.74) is 1.38. The molecule has 2 aromatic carbocycles. The number of hydrogen-bond donors (Lipinski definition) is 0. The molecule has 1 fully saturated rings. The van der Waals surface area contributed by atoms with Gasteiger partial charge in [-0.25, -0.2) is 0 Å². The molecule has 1 aliphatic heterocycles. The van der Waals surface area contributed by atoms with E-state index < -0.39 is 0 Å². The van der Waals surface area contributed by atoms with Gasteiger partial charge in [-0.1, -0.05) is 5.16 Å². The molecule has 3 aromatic rings. The largest absolute Gasteiger partial charge is 0.497 e. The monoisotopic (exact) mass is 423 g/mol. The molecule has 0 N–H and O–H groups in total. The third-order valence-electron chi connectivity index (χ3n) is 5.45. The highest BCUT2D eigenvalue weighted by Gasteiger charge is 2.29. The van der Waals surface area contributed by atoms with Crippen molar-refractivity contribution in [3.63, 3.8) is 0 Å². The fraction of sp³-hybridized carbons (Fsp3) is 0.348. The van der Waals surface area contributed by atoms with Gasteiger partial charge in [0, 0.05) is 30.3 Å². The number of piperidine rings is 1. The lowest BCUT2D eigenvalue weighted by Gasteiger charge is -2.31. The van der Waals surface area contributed by atoms with Crippen LogP contribution in [0.1, 0.15) is 35.0 Å². The Hall–Kier alpha value is -3.55. The van der Waals surface area contributed by atoms with E-state index in [0.29, 0.717) is 41.9 Å². The van der Waals surface area contributed by atoms with Crippen molar-refractivity contribution in [1.29, 1.82) is 0 Å². The summed E-state index contributed by atoms with van der Waals surface area (Å²) < 4.78 is 21.3. The lowest BCUT2D eigenvalue weighted by Crippen LogP contribution is -2.39. The number of amides is 1. The van der Waals surface area contributed by atoms with Gasteiger partial charge in [-0.05, 0) is 49.2 Å². The number of rotatable bonds is 6. The quantitative estimate of drug-likeness (QED) is 0.596. The van der Waals surface area contributed by atoms with E-state index in [-0.39, 0.29) is 11.8 Å². The van der Waals surface area contributed by atoms with Crippen LogP contribution in [-0.2, 0) is 0 Å². The summed E-state index contributed by atoms with van der Waals surface area (Å²) in [5, 5.41) is 4.13. The van der Waals surface area contributed by atoms with Gasteiger partial charge in [0.2, 0.25) is 11.7 Å². The van der Waals surface area contributed by atoms with Crippen molar-refractivity contribution in [2.45, 2.75) is 18.8 Å². The second-order valence-corrected chi connectivity index (χ2v) is 7.38. The molecule has 0 aliphatic carbocycles. The molecule has 8 heteroatoms. The van der Waals surface area contributed by atoms with Crippen LogP contribution in [0.2, 0.25) is 0 Å². The van der Waals surface area contributed by atoms with Gasteiger partial charge in [0.1, 0.15) is 17.2 Å². The number of hydrogen-bond acceptors (Lipinski definition) is 7. The number of ether oxygens (including phenoxy) is 3. The average molecular weight is 423 g/mol. The van der Waals surface area contributed by atoms with E-state index in [2.05, 4.69) is 10.1 Å². The molecule has 4 rings (SSSR count). The molecule has 0 saturated carbocycles. The Balaban J connectivity index is 1.50. The molecular formula is C23H25N3O5. The molecule has 0 bridgehead atoms. The maximum atomic E-state index is 13.1. The van der Waals surface area contributed by atoms with Crippen LogP contribution in [0.5, 0.6) is 17.2 Å². The van der Waals surface area contributed by atoms with Crippen LogP contribution < -0.4 is 14.2 Å². The van der Waals surface area contributed by atoms with Gasteiger partial charge in [0.05, 0.1) is 27.2 Å². The molecule has 1 saturated heterocycles. The predicted octanol–water partition coefficient (Wildman–Crippen LogP) is 3.78. The smallest absolute Gasteiger partial charge is 0.254 e. The molecule has 1 atom stereocenters. The molecule has 1 aromatic heterocycles. The SMILES string of the molecule is COc1ccc(-c2noc([C@@H]3CCCN(C(=O)c4cc(OC)cc(OC)c4)C3)n2)cc1. The van der Waals surface area contributed by atoms with Gasteiger partial charge in [-0.15, -0.1) is 0 Å². The summed E-state index contributed by atoms with van der Waals surface area (Å²) in [4.78, 5) is 19.5. The molecule has 0 radical (unpaired) electrons. The van der Waals surface area contributed by atoms with Crippen molar-refractivity contribution >= 4 is 5.91 Å². The third kappa shape index (κ3) is 4.47. The Morgan fingerprint density at radius 2 is 1.68 bits per heavy atom. The van der Waals surface area contributed by atoms with Gasteiger partial charge >= 0.3 is 0 Å². The van der Waals surface area contributed by atoms with E-state index in [4.69, 9.17) is 18.7 Å². The summed E-state index contributed by atoms with van der Waals surface area (Å²) >= 11 is 0. The highest BCUT2D eigenvalue weighted by Crippen LogP contribution is 2.30. The van der Waals surface area contributed by atoms with Crippen LogP contribution in [0, 0.1) is 0 Å². The number of aromatic nitrogens is 2. The summed E-state index contributed by atoms with van der Waals surface area (Å²) in [6, 6.07) is 12.7. The average Bonchev–Trinajstić information content (AvgIpc) is 3.33. The van der Waals surface area contributed by atoms with E-state index in [1.807, 2.05) is 29.2 Å². The second kappa shape index (κ2) is 9.07. The van der Waals surface area contributed by atoms with Crippen LogP contribution in [-0.4, -0.2) is 55.4 Å². The van der Waals surface area contributed by atoms with Crippen LogP contribution in [0.25, 0.3) is 11.4 Å². The Bertz CT molecular complexity index is 1030. The Morgan fingerprint density at radius 3 is 2.32 bits per heavy atom. The maximum absolute atomic E-state index is 13.1. The summed E-state index contributed by atoms with van der Waals surface area (Å²) in [7, 11) is 4.76. The highest BCUT2D eigenvalue weighted by atomic mass is 16.5. The number of methoxy groups -OCH3 is 3. The van der Waals surface area contributed by atoms with Gasteiger partial charge in [-0.3, -0.25) is 4.79 Å². The van der Waals surface area contributed by atoms with E-state index in [1.165, 1.54) is 0 Å². The molecule has 1 amide bonds. The van der Waals surface area contributed by atoms with E-state index >= 15 is 0 Å². The minimum atomic E-state index is -0.0724. The molecular weight excluding hydrogens is 398 g/mol. The van der Waals surface area contributed by atoms with Gasteiger partial charge in [0.25, 0.3) is 5.91 Å². The first-order valence-electron chi connectivity index (χ1n) is 10.1. The van der Waals surface area contributed by atoms with Crippen molar-refractivity contribution in [1.82, 2.24) is 15.0 Å². The van der Waals surface area contributed by atoms with E-state index in [9.17, 15) is 4.79 Å². The summed E-state index contributed by atoms with van der Waals surface area (Å²) in [6.07, 6.45) is 1.74. The first-order valence-corrected chi connectivity index (χ1v) is 10.1. The minimum Gasteiger partial charge on any atom is -0.497 e. The normalized spacial score (nSPS) is 16.1. The fourth-order valence-corrected chi connectivity index (χ4v) is 3.74. The second-order valence-electron chi connectivity index (χ2n) is 7.38. The van der Waals surface area contributed by atoms with Crippen LogP contribution in [0.15, 0.2) is 47.0 Å². The number of carbonyl (C=O) groups excluding carboxylic acids is 1. The molecule has 8 nitrogen and oxygen atoms in total. The van der Waals surface area contributed by atoms with Gasteiger partial charge in [-0.2, -0.15) is 4.98 Å². The molecule has 0 unspecified atom stereocenters. The van der Waals surface area contributed by atoms with Gasteiger partial charge in [0.15, 0.2) is 0 Å². The Kier molecular flexibility index (Phi) is 6.06. The maximum Gasteiger partial charge on any atom is 0.254 e. The van der Waals surface area contributed by atoms with Crippen LogP contribution >= 0.6 is 0 Å². The van der Waals surface area contributed by atoms with E-state index in [1.54, 1.807) is 39.5 Å². The highest BCUT2D eigenvalue weighted by molar-refractivity contribution is 5.95. The number of carbonyl (C=O) groups is 1. The number of nitrogens with zero attached hydrogens (tertiary/aromatic N) is 3. The van der Waals surface area contributed by atoms with Crippen LogP contribution in [0.3, 0.4) is 0 Å². The van der Waals surface area contributed by atoms with Crippen LogP contribution in [0.4, 0.5) is 0 Å². The minimum absolute atomic E-state index is 0.00954. The first kappa shape index (κ1) is 20.7. The van der Waals surface area contributed by atoms with Crippen molar-refractivity contribution in [3.8, 4) is 28.6 Å². The van der Waals surface area contributed by atoms with Gasteiger partial charge < -0.3 is 23.6 Å². The van der Waals surface area contributed by atoms with Crippen molar-refractivity contribution in [2.24, 2.45) is 0 Å². The number of likely N-dealkylation sites (tertiary alicyclic amines) is 1. The molecule has 1 aliphatic rings. The Morgan fingerprint density at radius 1 is 1.00 bits per heavy atom. The molecule has 0 spiro atoms. The Labute approximate surface area is 180 Å². The van der Waals surface area contributed by atoms with Crippen molar-refractivity contribution in [2.75, 3.05) is 34.4 Å². The third-order valence-corrected chi connectivity index (χ3v) is 5.45. The standard InChI is InChI=1S/C23H25N3O5/c1-28-18-8-6-15(7-9-18)21-24-22(31-25-21)16-5-4-10-26(14-16)23(27)17-11-19(29-2)13-20(12-17)30-3/h6-9,11-13,16H,4-5,10,14H2,1-3H3/t16-/m1/s1. The first-order chi connectivity index (χ1) is 15.1. The summed E-state index contributed by atoms with van der Waals surface area (Å²) in [5.74, 6) is 2.92. The molecule has 31 heavy (non-hydrogen) atoms. The topological polar surface area (TPSA) is 86.9 Å². The lowest BCUT2D eigenvalue weighted by atomic mass is 9.97. The zero-order chi connectivity index (χ0) is 21.8. The predicted molar refractivity (Wildman–Crippen MR) is 114 cm³/mol. The summed E-state index contributed by atoms with van der Waals surface area (Å²) in [6.45, 7) is 1.19. The zero-order valence-corrected chi connectivity index (χ0v) is 17.8. The molecule has 162 valence electrons. The fourth-order valence-electron chi connectivity index (χ4n) is 3.74. The lowest BCUT2D eigenvalue weighted by molar-refractivity contribution is 0.0695. The zero-order valence-electron chi connectivity index (χ0n) is 17.8. The number of benzene rings is 2. The van der Waals surface area contributed by atoms with Crippen molar-refractivity contribution < 1.29 is 23.5 Å². The van der Waals surface area contributed by atoms with Crippen molar-refractivity contribution in [3.05, 3.63) is 53.9 Å².